The Hall–Kier alpha value is -0.160. The van der Waals surface area contributed by atoms with Gasteiger partial charge < -0.3 is 5.11 Å². The molecule has 0 aliphatic carbocycles. The van der Waals surface area contributed by atoms with Crippen molar-refractivity contribution < 1.29 is 14.7 Å². The minimum Gasteiger partial charge on any atom is -0.481 e. The van der Waals surface area contributed by atoms with E-state index in [1.807, 2.05) is 0 Å². The largest absolute Gasteiger partial charge is 0.481 e. The van der Waals surface area contributed by atoms with E-state index in [1.54, 1.807) is 0 Å². The third-order valence-electron chi connectivity index (χ3n) is 4.29. The second-order valence-electron chi connectivity index (χ2n) is 6.96. The zero-order valence-corrected chi connectivity index (χ0v) is 18.7. The number of hydrogen-bond donors (Lipinski definition) is 3. The fraction of sp³-hybridized carbons (Fsp3) is 0.905. The molecule has 156 valence electrons. The normalized spacial score (nSPS) is 10.3. The molecule has 0 aromatic carbocycles. The summed E-state index contributed by atoms with van der Waals surface area (Å²) in [6, 6.07) is 0. The lowest BCUT2D eigenvalue weighted by molar-refractivity contribution is -0.137. The van der Waals surface area contributed by atoms with Crippen LogP contribution >= 0.6 is 25.3 Å². The van der Waals surface area contributed by atoms with Gasteiger partial charge in [-0.25, -0.2) is 0 Å². The first kappa shape index (κ1) is 28.1. The molecule has 0 saturated heterocycles. The molecule has 0 fully saturated rings. The van der Waals surface area contributed by atoms with Crippen molar-refractivity contribution in [3.8, 4) is 0 Å². The lowest BCUT2D eigenvalue weighted by Gasteiger charge is -2.00. The Morgan fingerprint density at radius 3 is 1.42 bits per heavy atom. The van der Waals surface area contributed by atoms with Crippen LogP contribution in [0.4, 0.5) is 0 Å². The first-order valence-electron chi connectivity index (χ1n) is 10.6. The molecule has 0 amide bonds. The highest BCUT2D eigenvalue weighted by molar-refractivity contribution is 7.96. The van der Waals surface area contributed by atoms with E-state index in [0.717, 1.165) is 25.0 Å². The Kier molecular flexibility index (Phi) is 26.8. The van der Waals surface area contributed by atoms with Gasteiger partial charge in [0, 0.05) is 12.8 Å². The van der Waals surface area contributed by atoms with Crippen LogP contribution in [0.15, 0.2) is 0 Å². The smallest absolute Gasteiger partial charge is 0.303 e. The summed E-state index contributed by atoms with van der Waals surface area (Å²) in [6.07, 6.45) is 19.3. The van der Waals surface area contributed by atoms with Crippen molar-refractivity contribution >= 4 is 36.3 Å². The number of carbonyl (C=O) groups is 2. The summed E-state index contributed by atoms with van der Waals surface area (Å²) in [6.45, 7) is 2.22. The fourth-order valence-electron chi connectivity index (χ4n) is 2.68. The fourth-order valence-corrected chi connectivity index (χ4v) is 3.06. The van der Waals surface area contributed by atoms with Crippen LogP contribution in [0.3, 0.4) is 0 Å². The van der Waals surface area contributed by atoms with Crippen LogP contribution in [-0.4, -0.2) is 21.9 Å². The predicted molar refractivity (Wildman–Crippen MR) is 120 cm³/mol. The molecule has 0 saturated carbocycles. The highest BCUT2D eigenvalue weighted by Crippen LogP contribution is 2.10. The van der Waals surface area contributed by atoms with Crippen LogP contribution in [0.2, 0.25) is 0 Å². The van der Waals surface area contributed by atoms with Gasteiger partial charge in [0.25, 0.3) is 0 Å². The quantitative estimate of drug-likeness (QED) is 0.168. The molecule has 0 aliphatic heterocycles. The van der Waals surface area contributed by atoms with Gasteiger partial charge >= 0.3 is 5.97 Å². The van der Waals surface area contributed by atoms with Crippen LogP contribution in [0, 0.1) is 0 Å². The number of hydrogen-bond acceptors (Lipinski definition) is 3. The van der Waals surface area contributed by atoms with Gasteiger partial charge in [-0.1, -0.05) is 84.0 Å². The summed E-state index contributed by atoms with van der Waals surface area (Å²) >= 11 is 7.87. The van der Waals surface area contributed by atoms with Gasteiger partial charge in [0.15, 0.2) is 5.12 Å². The minimum atomic E-state index is -0.668. The molecule has 0 atom stereocenters. The topological polar surface area (TPSA) is 54.4 Å². The van der Waals surface area contributed by atoms with Crippen LogP contribution in [-0.2, 0) is 9.59 Å². The second kappa shape index (κ2) is 24.8. The average Bonchev–Trinajstić information content (AvgIpc) is 2.59. The molecule has 0 bridgehead atoms. The molecule has 0 radical (unpaired) electrons. The summed E-state index contributed by atoms with van der Waals surface area (Å²) in [5.74, 6) is 0.331. The molecule has 0 aliphatic rings. The number of aliphatic carboxylic acids is 1. The van der Waals surface area contributed by atoms with Gasteiger partial charge in [-0.15, -0.1) is 12.6 Å². The van der Waals surface area contributed by atoms with Crippen molar-refractivity contribution in [2.24, 2.45) is 0 Å². The lowest BCUT2D eigenvalue weighted by Crippen LogP contribution is -1.93. The Morgan fingerprint density at radius 1 is 0.654 bits per heavy atom. The number of carboxylic acids is 1. The first-order chi connectivity index (χ1) is 12.5. The Labute approximate surface area is 172 Å². The van der Waals surface area contributed by atoms with Gasteiger partial charge in [-0.3, -0.25) is 9.59 Å². The standard InChI is InChI=1S/C11H22O2S.C10H20OS/c12-11(13)9-7-5-3-1-2-4-6-8-10-14;1-2-3-4-5-6-7-8-9-10(11)12/h14H,1-10H2,(H,12,13);2-9H2,1H3,(H,11,12). The molecule has 0 aromatic rings. The minimum absolute atomic E-state index is 0.0311. The SMILES string of the molecule is CCCCCCCCCC(=O)S.O=C(O)CCCCCCCCCCS. The Bertz CT molecular complexity index is 310. The zero-order valence-electron chi connectivity index (χ0n) is 16.9. The molecule has 0 spiro atoms. The summed E-state index contributed by atoms with van der Waals surface area (Å²) in [5, 5.41) is 8.44. The van der Waals surface area contributed by atoms with Gasteiger partial charge in [0.2, 0.25) is 0 Å². The number of unbranched alkanes of at least 4 members (excludes halogenated alkanes) is 13. The van der Waals surface area contributed by atoms with Crippen LogP contribution in [0.5, 0.6) is 0 Å². The molecular formula is C21H42O3S2. The molecule has 0 rings (SSSR count). The maximum Gasteiger partial charge on any atom is 0.303 e. The predicted octanol–water partition coefficient (Wildman–Crippen LogP) is 7.10. The van der Waals surface area contributed by atoms with Crippen molar-refractivity contribution in [2.75, 3.05) is 5.75 Å². The van der Waals surface area contributed by atoms with Crippen molar-refractivity contribution in [2.45, 2.75) is 116 Å². The van der Waals surface area contributed by atoms with Crippen molar-refractivity contribution in [1.82, 2.24) is 0 Å². The number of rotatable bonds is 18. The summed E-state index contributed by atoms with van der Waals surface area (Å²) in [5.41, 5.74) is 0. The van der Waals surface area contributed by atoms with E-state index in [-0.39, 0.29) is 5.12 Å². The van der Waals surface area contributed by atoms with Crippen molar-refractivity contribution in [3.05, 3.63) is 0 Å². The van der Waals surface area contributed by atoms with E-state index in [0.29, 0.717) is 12.8 Å². The number of carboxylic acid groups (broad SMARTS) is 1. The van der Waals surface area contributed by atoms with Crippen molar-refractivity contribution in [1.29, 1.82) is 0 Å². The zero-order chi connectivity index (χ0) is 19.9. The maximum absolute atomic E-state index is 10.4. The second-order valence-corrected chi connectivity index (χ2v) is 7.91. The van der Waals surface area contributed by atoms with Gasteiger partial charge in [-0.2, -0.15) is 12.6 Å². The highest BCUT2D eigenvalue weighted by Gasteiger charge is 1.96. The third kappa shape index (κ3) is 31.6. The molecule has 0 aromatic heterocycles. The Balaban J connectivity index is 0. The van der Waals surface area contributed by atoms with Gasteiger partial charge in [-0.05, 0) is 25.0 Å². The first-order valence-corrected chi connectivity index (χ1v) is 11.7. The molecule has 0 unspecified atom stereocenters. The molecule has 5 heteroatoms. The monoisotopic (exact) mass is 406 g/mol. The third-order valence-corrected chi connectivity index (χ3v) is 4.83. The van der Waals surface area contributed by atoms with E-state index >= 15 is 0 Å². The van der Waals surface area contributed by atoms with E-state index in [1.165, 1.54) is 77.0 Å². The Morgan fingerprint density at radius 2 is 1.04 bits per heavy atom. The molecule has 26 heavy (non-hydrogen) atoms. The van der Waals surface area contributed by atoms with E-state index in [9.17, 15) is 9.59 Å². The number of carbonyl (C=O) groups excluding carboxylic acids is 1. The summed E-state index contributed by atoms with van der Waals surface area (Å²) in [7, 11) is 0. The molecule has 1 N–H and O–H groups in total. The van der Waals surface area contributed by atoms with Crippen LogP contribution < -0.4 is 0 Å². The summed E-state index contributed by atoms with van der Waals surface area (Å²) < 4.78 is 0. The lowest BCUT2D eigenvalue weighted by atomic mass is 10.1. The van der Waals surface area contributed by atoms with Crippen LogP contribution in [0.1, 0.15) is 116 Å². The highest BCUT2D eigenvalue weighted by atomic mass is 32.1. The molecule has 3 nitrogen and oxygen atoms in total. The summed E-state index contributed by atoms with van der Waals surface area (Å²) in [4.78, 5) is 20.6. The number of thiol groups is 2. The van der Waals surface area contributed by atoms with E-state index < -0.39 is 5.97 Å². The van der Waals surface area contributed by atoms with E-state index in [4.69, 9.17) is 5.11 Å². The van der Waals surface area contributed by atoms with Crippen LogP contribution in [0.25, 0.3) is 0 Å². The molecule has 0 heterocycles. The van der Waals surface area contributed by atoms with Crippen molar-refractivity contribution in [3.63, 3.8) is 0 Å². The average molecular weight is 407 g/mol. The van der Waals surface area contributed by atoms with E-state index in [2.05, 4.69) is 32.2 Å². The molecular weight excluding hydrogens is 364 g/mol. The maximum atomic E-state index is 10.4. The van der Waals surface area contributed by atoms with Gasteiger partial charge in [0.1, 0.15) is 0 Å². The van der Waals surface area contributed by atoms with Gasteiger partial charge in [0.05, 0.1) is 0 Å².